The number of nitrogens with zero attached hydrogens (tertiary/aromatic N) is 2. The number of aromatic amines is 1. The molecule has 1 unspecified atom stereocenters. The minimum Gasteiger partial charge on any atom is -0.346 e. The molecule has 0 saturated heterocycles. The first-order valence-electron chi connectivity index (χ1n) is 6.56. The first-order chi connectivity index (χ1) is 10.0. The summed E-state index contributed by atoms with van der Waals surface area (Å²) < 4.78 is 0. The summed E-state index contributed by atoms with van der Waals surface area (Å²) in [5.41, 5.74) is 1.58. The molecule has 110 valence electrons. The Morgan fingerprint density at radius 3 is 2.57 bits per heavy atom. The molecule has 3 N–H and O–H groups in total. The summed E-state index contributed by atoms with van der Waals surface area (Å²) in [6.07, 6.45) is 1.66. The van der Waals surface area contributed by atoms with Crippen LogP contribution in [0.4, 0.5) is 5.69 Å². The van der Waals surface area contributed by atoms with Crippen molar-refractivity contribution in [1.82, 2.24) is 20.5 Å². The quantitative estimate of drug-likeness (QED) is 0.769. The number of benzene rings is 1. The predicted octanol–water partition coefficient (Wildman–Crippen LogP) is 1.18. The molecule has 0 aliphatic heterocycles. The summed E-state index contributed by atoms with van der Waals surface area (Å²) in [4.78, 5) is 26.9. The van der Waals surface area contributed by atoms with E-state index in [0.717, 1.165) is 5.56 Å². The van der Waals surface area contributed by atoms with Crippen molar-refractivity contribution in [2.45, 2.75) is 26.3 Å². The maximum atomic E-state index is 11.9. The fraction of sp³-hybridized carbons (Fsp3) is 0.286. The van der Waals surface area contributed by atoms with Crippen molar-refractivity contribution in [3.05, 3.63) is 42.0 Å². The third-order valence-electron chi connectivity index (χ3n) is 2.86. The Labute approximate surface area is 122 Å². The van der Waals surface area contributed by atoms with E-state index in [0.29, 0.717) is 11.5 Å². The zero-order valence-corrected chi connectivity index (χ0v) is 11.9. The van der Waals surface area contributed by atoms with Crippen LogP contribution in [0.3, 0.4) is 0 Å². The number of aromatic nitrogens is 3. The number of nitrogens with one attached hydrogen (secondary N) is 3. The Balaban J connectivity index is 1.89. The smallest absolute Gasteiger partial charge is 0.224 e. The molecule has 7 heteroatoms. The van der Waals surface area contributed by atoms with Crippen molar-refractivity contribution < 1.29 is 9.59 Å². The van der Waals surface area contributed by atoms with Crippen LogP contribution >= 0.6 is 0 Å². The standard InChI is InChI=1S/C14H17N5O2/c1-9(14-15-8-16-19-14)17-13(21)7-11-3-5-12(6-4-11)18-10(2)20/h3-6,8-9H,7H2,1-2H3,(H,17,21)(H,18,20)(H,15,16,19). The van der Waals surface area contributed by atoms with E-state index in [1.54, 1.807) is 12.1 Å². The Kier molecular flexibility index (Phi) is 4.65. The lowest BCUT2D eigenvalue weighted by Crippen LogP contribution is -2.28. The number of hydrogen-bond acceptors (Lipinski definition) is 4. The lowest BCUT2D eigenvalue weighted by molar-refractivity contribution is -0.121. The maximum absolute atomic E-state index is 11.9. The minimum atomic E-state index is -0.223. The fourth-order valence-corrected chi connectivity index (χ4v) is 1.88. The van der Waals surface area contributed by atoms with E-state index in [2.05, 4.69) is 25.8 Å². The van der Waals surface area contributed by atoms with Gasteiger partial charge in [-0.15, -0.1) is 0 Å². The Bertz CT molecular complexity index is 607. The summed E-state index contributed by atoms with van der Waals surface area (Å²) in [5.74, 6) is 0.386. The Morgan fingerprint density at radius 2 is 2.00 bits per heavy atom. The highest BCUT2D eigenvalue weighted by atomic mass is 16.2. The van der Waals surface area contributed by atoms with Crippen molar-refractivity contribution in [3.8, 4) is 0 Å². The second kappa shape index (κ2) is 6.65. The molecule has 1 aromatic heterocycles. The number of anilines is 1. The third kappa shape index (κ3) is 4.41. The zero-order chi connectivity index (χ0) is 15.2. The van der Waals surface area contributed by atoms with Gasteiger partial charge >= 0.3 is 0 Å². The molecular formula is C14H17N5O2. The van der Waals surface area contributed by atoms with Crippen LogP contribution in [-0.2, 0) is 16.0 Å². The molecular weight excluding hydrogens is 270 g/mol. The highest BCUT2D eigenvalue weighted by Gasteiger charge is 2.12. The molecule has 1 heterocycles. The topological polar surface area (TPSA) is 99.8 Å². The molecule has 2 aromatic rings. The van der Waals surface area contributed by atoms with Gasteiger partial charge < -0.3 is 10.6 Å². The Morgan fingerprint density at radius 1 is 1.29 bits per heavy atom. The molecule has 0 aliphatic carbocycles. The number of hydrogen-bond donors (Lipinski definition) is 3. The van der Waals surface area contributed by atoms with Gasteiger partial charge in [0.2, 0.25) is 11.8 Å². The Hall–Kier alpha value is -2.70. The molecule has 0 spiro atoms. The fourth-order valence-electron chi connectivity index (χ4n) is 1.88. The van der Waals surface area contributed by atoms with Gasteiger partial charge in [-0.2, -0.15) is 5.10 Å². The molecule has 0 radical (unpaired) electrons. The van der Waals surface area contributed by atoms with Gasteiger partial charge in [0.15, 0.2) is 0 Å². The molecule has 0 saturated carbocycles. The number of rotatable bonds is 5. The van der Waals surface area contributed by atoms with E-state index in [-0.39, 0.29) is 24.3 Å². The van der Waals surface area contributed by atoms with Crippen molar-refractivity contribution in [2.75, 3.05) is 5.32 Å². The first-order valence-corrected chi connectivity index (χ1v) is 6.56. The predicted molar refractivity (Wildman–Crippen MR) is 77.4 cm³/mol. The van der Waals surface area contributed by atoms with Crippen LogP contribution in [0.15, 0.2) is 30.6 Å². The van der Waals surface area contributed by atoms with E-state index in [1.807, 2.05) is 19.1 Å². The average Bonchev–Trinajstić information content (AvgIpc) is 2.94. The second-order valence-electron chi connectivity index (χ2n) is 4.71. The largest absolute Gasteiger partial charge is 0.346 e. The number of amides is 2. The van der Waals surface area contributed by atoms with Crippen LogP contribution in [-0.4, -0.2) is 27.0 Å². The van der Waals surface area contributed by atoms with E-state index < -0.39 is 0 Å². The van der Waals surface area contributed by atoms with Gasteiger partial charge in [-0.25, -0.2) is 4.98 Å². The zero-order valence-electron chi connectivity index (χ0n) is 11.9. The monoisotopic (exact) mass is 287 g/mol. The summed E-state index contributed by atoms with van der Waals surface area (Å²) in [6.45, 7) is 3.28. The molecule has 1 aromatic carbocycles. The summed E-state index contributed by atoms with van der Waals surface area (Å²) in [7, 11) is 0. The van der Waals surface area contributed by atoms with Gasteiger partial charge in [-0.05, 0) is 24.6 Å². The van der Waals surface area contributed by atoms with E-state index in [1.165, 1.54) is 13.3 Å². The van der Waals surface area contributed by atoms with Crippen molar-refractivity contribution in [1.29, 1.82) is 0 Å². The van der Waals surface area contributed by atoms with Gasteiger partial charge in [0.05, 0.1) is 12.5 Å². The van der Waals surface area contributed by atoms with Crippen LogP contribution in [0.2, 0.25) is 0 Å². The van der Waals surface area contributed by atoms with Gasteiger partial charge in [0, 0.05) is 12.6 Å². The number of carbonyl (C=O) groups is 2. The van der Waals surface area contributed by atoms with Gasteiger partial charge in [0.1, 0.15) is 12.2 Å². The maximum Gasteiger partial charge on any atom is 0.224 e. The second-order valence-corrected chi connectivity index (χ2v) is 4.71. The molecule has 0 bridgehead atoms. The molecule has 2 amide bonds. The van der Waals surface area contributed by atoms with Gasteiger partial charge in [-0.1, -0.05) is 12.1 Å². The van der Waals surface area contributed by atoms with Crippen molar-refractivity contribution in [2.24, 2.45) is 0 Å². The first kappa shape index (κ1) is 14.7. The van der Waals surface area contributed by atoms with E-state index in [4.69, 9.17) is 0 Å². The van der Waals surface area contributed by atoms with Gasteiger partial charge in [-0.3, -0.25) is 14.7 Å². The van der Waals surface area contributed by atoms with Crippen LogP contribution in [0.5, 0.6) is 0 Å². The molecule has 1 atom stereocenters. The van der Waals surface area contributed by atoms with Gasteiger partial charge in [0.25, 0.3) is 0 Å². The lowest BCUT2D eigenvalue weighted by atomic mass is 10.1. The number of H-pyrrole nitrogens is 1. The summed E-state index contributed by atoms with van der Waals surface area (Å²) in [6, 6.07) is 6.93. The molecule has 7 nitrogen and oxygen atoms in total. The van der Waals surface area contributed by atoms with Crippen LogP contribution in [0.1, 0.15) is 31.3 Å². The summed E-state index contributed by atoms with van der Waals surface area (Å²) in [5, 5.41) is 12.0. The normalized spacial score (nSPS) is 11.7. The average molecular weight is 287 g/mol. The van der Waals surface area contributed by atoms with E-state index in [9.17, 15) is 9.59 Å². The number of carbonyl (C=O) groups excluding carboxylic acids is 2. The molecule has 21 heavy (non-hydrogen) atoms. The van der Waals surface area contributed by atoms with Crippen molar-refractivity contribution in [3.63, 3.8) is 0 Å². The molecule has 2 rings (SSSR count). The third-order valence-corrected chi connectivity index (χ3v) is 2.86. The lowest BCUT2D eigenvalue weighted by Gasteiger charge is -2.11. The SMILES string of the molecule is CC(=O)Nc1ccc(CC(=O)NC(C)c2ncn[nH]2)cc1. The molecule has 0 fully saturated rings. The minimum absolute atomic E-state index is 0.105. The van der Waals surface area contributed by atoms with Crippen molar-refractivity contribution >= 4 is 17.5 Å². The van der Waals surface area contributed by atoms with Crippen LogP contribution in [0, 0.1) is 0 Å². The summed E-state index contributed by atoms with van der Waals surface area (Å²) >= 11 is 0. The highest BCUT2D eigenvalue weighted by molar-refractivity contribution is 5.88. The molecule has 0 aliphatic rings. The van der Waals surface area contributed by atoms with E-state index >= 15 is 0 Å². The highest BCUT2D eigenvalue weighted by Crippen LogP contribution is 2.11. The van der Waals surface area contributed by atoms with Crippen LogP contribution < -0.4 is 10.6 Å². The van der Waals surface area contributed by atoms with Crippen LogP contribution in [0.25, 0.3) is 0 Å².